The number of aromatic nitrogens is 2. The van der Waals surface area contributed by atoms with Crippen LogP contribution in [0.25, 0.3) is 0 Å². The first-order valence-electron chi connectivity index (χ1n) is 4.63. The number of nitrogens with zero attached hydrogens (tertiary/aromatic N) is 2. The number of hydrogen-bond acceptors (Lipinski definition) is 3. The molecule has 1 rings (SSSR count). The maximum Gasteiger partial charge on any atom is 0.224 e. The second kappa shape index (κ2) is 6.64. The van der Waals surface area contributed by atoms with E-state index in [0.717, 1.165) is 0 Å². The zero-order valence-corrected chi connectivity index (χ0v) is 11.1. The summed E-state index contributed by atoms with van der Waals surface area (Å²) in [7, 11) is 0. The van der Waals surface area contributed by atoms with Crippen molar-refractivity contribution in [3.8, 4) is 0 Å². The predicted molar refractivity (Wildman–Crippen MR) is 73.6 cm³/mol. The minimum atomic E-state index is 0.167. The van der Waals surface area contributed by atoms with E-state index in [1.807, 2.05) is 0 Å². The van der Waals surface area contributed by atoms with Crippen molar-refractivity contribution in [2.24, 2.45) is 0 Å². The molecule has 0 saturated heterocycles. The fourth-order valence-electron chi connectivity index (χ4n) is 1.05. The molecule has 0 spiro atoms. The Morgan fingerprint density at radius 1 is 1.47 bits per heavy atom. The van der Waals surface area contributed by atoms with Crippen LogP contribution in [0.5, 0.6) is 0 Å². The lowest BCUT2D eigenvalue weighted by atomic mass is 10.2. The SMILES string of the molecule is C=C/C(Cl)=C(/CNc1ccnc(Cl)n1)C(=C)Cl. The number of anilines is 1. The van der Waals surface area contributed by atoms with Gasteiger partial charge in [-0.2, -0.15) is 0 Å². The van der Waals surface area contributed by atoms with Gasteiger partial charge in [-0.05, 0) is 17.7 Å². The van der Waals surface area contributed by atoms with Crippen LogP contribution in [0.4, 0.5) is 5.82 Å². The molecule has 0 atom stereocenters. The third-order valence-corrected chi connectivity index (χ3v) is 2.66. The van der Waals surface area contributed by atoms with Gasteiger partial charge in [0.15, 0.2) is 0 Å². The van der Waals surface area contributed by atoms with Crippen LogP contribution in [0.15, 0.2) is 47.1 Å². The molecular formula is C11H10Cl3N3. The molecule has 1 N–H and O–H groups in total. The Hall–Kier alpha value is -1.03. The zero-order chi connectivity index (χ0) is 12.8. The average molecular weight is 291 g/mol. The fraction of sp³-hybridized carbons (Fsp3) is 0.0909. The number of nitrogens with one attached hydrogen (secondary N) is 1. The molecule has 0 aliphatic carbocycles. The van der Waals surface area contributed by atoms with E-state index in [1.54, 1.807) is 12.3 Å². The molecule has 0 unspecified atom stereocenters. The van der Waals surface area contributed by atoms with E-state index in [4.69, 9.17) is 34.8 Å². The molecule has 0 aliphatic rings. The van der Waals surface area contributed by atoms with E-state index < -0.39 is 0 Å². The van der Waals surface area contributed by atoms with Gasteiger partial charge in [-0.1, -0.05) is 42.4 Å². The maximum absolute atomic E-state index is 5.94. The molecular weight excluding hydrogens is 281 g/mol. The number of halogens is 3. The summed E-state index contributed by atoms with van der Waals surface area (Å²) in [6.45, 7) is 7.58. The molecule has 0 fully saturated rings. The highest BCUT2D eigenvalue weighted by Crippen LogP contribution is 2.21. The smallest absolute Gasteiger partial charge is 0.224 e. The Balaban J connectivity index is 2.78. The predicted octanol–water partition coefficient (Wildman–Crippen LogP) is 3.97. The molecule has 1 heterocycles. The molecule has 6 heteroatoms. The van der Waals surface area contributed by atoms with Crippen LogP contribution in [0, 0.1) is 0 Å². The Morgan fingerprint density at radius 2 is 2.18 bits per heavy atom. The van der Waals surface area contributed by atoms with Crippen molar-refractivity contribution >= 4 is 40.6 Å². The second-order valence-corrected chi connectivity index (χ2v) is 4.20. The number of hydrogen-bond donors (Lipinski definition) is 1. The Bertz CT molecular complexity index is 469. The average Bonchev–Trinajstić information content (AvgIpc) is 2.28. The maximum atomic E-state index is 5.94. The third-order valence-electron chi connectivity index (χ3n) is 1.87. The van der Waals surface area contributed by atoms with E-state index >= 15 is 0 Å². The monoisotopic (exact) mass is 289 g/mol. The minimum absolute atomic E-state index is 0.167. The van der Waals surface area contributed by atoms with Gasteiger partial charge in [0, 0.05) is 28.4 Å². The highest BCUT2D eigenvalue weighted by molar-refractivity contribution is 6.36. The second-order valence-electron chi connectivity index (χ2n) is 3.00. The van der Waals surface area contributed by atoms with Crippen molar-refractivity contribution < 1.29 is 0 Å². The number of allylic oxidation sites excluding steroid dienone is 2. The van der Waals surface area contributed by atoms with Crippen LogP contribution in [0.2, 0.25) is 5.28 Å². The first kappa shape index (κ1) is 14.0. The Labute approximate surface area is 115 Å². The van der Waals surface area contributed by atoms with Crippen molar-refractivity contribution in [3.63, 3.8) is 0 Å². The molecule has 0 bridgehead atoms. The van der Waals surface area contributed by atoms with Gasteiger partial charge >= 0.3 is 0 Å². The summed E-state index contributed by atoms with van der Waals surface area (Å²) in [4.78, 5) is 7.74. The van der Waals surface area contributed by atoms with Crippen molar-refractivity contribution in [2.75, 3.05) is 11.9 Å². The molecule has 0 aliphatic heterocycles. The van der Waals surface area contributed by atoms with Gasteiger partial charge in [-0.25, -0.2) is 9.97 Å². The van der Waals surface area contributed by atoms with E-state index in [0.29, 0.717) is 28.0 Å². The van der Waals surface area contributed by atoms with Gasteiger partial charge < -0.3 is 5.32 Å². The summed E-state index contributed by atoms with van der Waals surface area (Å²) >= 11 is 17.4. The van der Waals surface area contributed by atoms with E-state index in [2.05, 4.69) is 28.4 Å². The van der Waals surface area contributed by atoms with Crippen molar-refractivity contribution in [3.05, 3.63) is 52.4 Å². The zero-order valence-electron chi connectivity index (χ0n) is 8.88. The Morgan fingerprint density at radius 3 is 2.71 bits per heavy atom. The molecule has 0 amide bonds. The van der Waals surface area contributed by atoms with Crippen LogP contribution in [0.1, 0.15) is 0 Å². The van der Waals surface area contributed by atoms with Crippen LogP contribution in [-0.2, 0) is 0 Å². The normalized spacial score (nSPS) is 11.7. The largest absolute Gasteiger partial charge is 0.366 e. The van der Waals surface area contributed by atoms with Crippen LogP contribution in [-0.4, -0.2) is 16.5 Å². The summed E-state index contributed by atoms with van der Waals surface area (Å²) in [5.74, 6) is 0.578. The first-order chi connectivity index (χ1) is 8.04. The summed E-state index contributed by atoms with van der Waals surface area (Å²) in [6, 6.07) is 1.68. The van der Waals surface area contributed by atoms with Gasteiger partial charge in [0.2, 0.25) is 5.28 Å². The molecule has 17 heavy (non-hydrogen) atoms. The molecule has 1 aromatic heterocycles. The van der Waals surface area contributed by atoms with Crippen LogP contribution in [0.3, 0.4) is 0 Å². The summed E-state index contributed by atoms with van der Waals surface area (Å²) in [5, 5.41) is 3.97. The highest BCUT2D eigenvalue weighted by Gasteiger charge is 2.06. The quantitative estimate of drug-likeness (QED) is 0.658. The van der Waals surface area contributed by atoms with E-state index in [1.165, 1.54) is 6.08 Å². The first-order valence-corrected chi connectivity index (χ1v) is 5.76. The standard InChI is InChI=1S/C11H10Cl3N3/c1-3-9(13)8(7(2)12)6-16-10-4-5-15-11(14)17-10/h3-5H,1-2,6H2,(H,15,16,17)/b9-8+. The molecule has 0 saturated carbocycles. The van der Waals surface area contributed by atoms with Crippen LogP contribution >= 0.6 is 34.8 Å². The van der Waals surface area contributed by atoms with Gasteiger partial charge in [0.05, 0.1) is 0 Å². The molecule has 3 nitrogen and oxygen atoms in total. The van der Waals surface area contributed by atoms with Gasteiger partial charge in [0.25, 0.3) is 0 Å². The van der Waals surface area contributed by atoms with Gasteiger partial charge in [-0.15, -0.1) is 0 Å². The van der Waals surface area contributed by atoms with E-state index in [-0.39, 0.29) is 5.28 Å². The topological polar surface area (TPSA) is 37.8 Å². The van der Waals surface area contributed by atoms with Crippen molar-refractivity contribution in [1.82, 2.24) is 9.97 Å². The lowest BCUT2D eigenvalue weighted by Crippen LogP contribution is -2.07. The molecule has 1 aromatic rings. The van der Waals surface area contributed by atoms with Crippen LogP contribution < -0.4 is 5.32 Å². The summed E-state index contributed by atoms with van der Waals surface area (Å²) in [5.41, 5.74) is 0.651. The highest BCUT2D eigenvalue weighted by atomic mass is 35.5. The third kappa shape index (κ3) is 4.38. The van der Waals surface area contributed by atoms with Gasteiger partial charge in [-0.3, -0.25) is 0 Å². The number of rotatable bonds is 5. The van der Waals surface area contributed by atoms with Gasteiger partial charge in [0.1, 0.15) is 5.82 Å². The molecule has 0 radical (unpaired) electrons. The van der Waals surface area contributed by atoms with Crippen molar-refractivity contribution in [2.45, 2.75) is 0 Å². The Kier molecular flexibility index (Phi) is 5.48. The lowest BCUT2D eigenvalue weighted by Gasteiger charge is -2.09. The minimum Gasteiger partial charge on any atom is -0.366 e. The lowest BCUT2D eigenvalue weighted by molar-refractivity contribution is 1.12. The summed E-state index contributed by atoms with van der Waals surface area (Å²) < 4.78 is 0. The molecule has 0 aromatic carbocycles. The molecule has 90 valence electrons. The fourth-order valence-corrected chi connectivity index (χ4v) is 1.59. The van der Waals surface area contributed by atoms with E-state index in [9.17, 15) is 0 Å². The van der Waals surface area contributed by atoms with Crippen molar-refractivity contribution in [1.29, 1.82) is 0 Å². The summed E-state index contributed by atoms with van der Waals surface area (Å²) in [6.07, 6.45) is 3.05.